The molecule has 0 aliphatic rings. The van der Waals surface area contributed by atoms with Gasteiger partial charge in [-0.05, 0) is 47.5 Å². The first kappa shape index (κ1) is 22.5. The van der Waals surface area contributed by atoms with Gasteiger partial charge in [-0.15, -0.1) is 16.8 Å². The van der Waals surface area contributed by atoms with Crippen LogP contribution in [0.2, 0.25) is 0 Å². The Morgan fingerprint density at radius 1 is 1.18 bits per heavy atom. The predicted octanol–water partition coefficient (Wildman–Crippen LogP) is 5.37. The summed E-state index contributed by atoms with van der Waals surface area (Å²) in [5.74, 6) is 0.859. The molecule has 0 bridgehead atoms. The van der Waals surface area contributed by atoms with Gasteiger partial charge in [0.15, 0.2) is 11.0 Å². The third-order valence-electron chi connectivity index (χ3n) is 5.05. The summed E-state index contributed by atoms with van der Waals surface area (Å²) in [6.45, 7) is 6.55. The molecule has 6 nitrogen and oxygen atoms in total. The Labute approximate surface area is 195 Å². The van der Waals surface area contributed by atoms with Crippen molar-refractivity contribution in [2.45, 2.75) is 25.2 Å². The van der Waals surface area contributed by atoms with Crippen LogP contribution in [0, 0.1) is 12.7 Å². The van der Waals surface area contributed by atoms with Gasteiger partial charge in [-0.25, -0.2) is 4.39 Å². The third-order valence-corrected chi connectivity index (χ3v) is 6.02. The molecule has 0 fully saturated rings. The minimum absolute atomic E-state index is 0.108. The summed E-state index contributed by atoms with van der Waals surface area (Å²) in [6, 6.07) is 17.9. The minimum atomic E-state index is -0.405. The number of hydrogen-bond donors (Lipinski definition) is 1. The molecule has 33 heavy (non-hydrogen) atoms. The maximum atomic E-state index is 13.3. The molecule has 0 spiro atoms. The molecule has 0 aliphatic carbocycles. The van der Waals surface area contributed by atoms with Crippen LogP contribution in [0.15, 0.2) is 78.5 Å². The van der Waals surface area contributed by atoms with E-state index in [1.165, 1.54) is 23.9 Å². The second kappa shape index (κ2) is 10.3. The summed E-state index contributed by atoms with van der Waals surface area (Å²) in [6.07, 6.45) is 1.74. The van der Waals surface area contributed by atoms with Crippen LogP contribution in [-0.4, -0.2) is 26.4 Å². The van der Waals surface area contributed by atoms with Crippen LogP contribution >= 0.6 is 11.8 Å². The summed E-state index contributed by atoms with van der Waals surface area (Å²) >= 11 is 1.25. The summed E-state index contributed by atoms with van der Waals surface area (Å²) in [7, 11) is 0. The van der Waals surface area contributed by atoms with Gasteiger partial charge in [0, 0.05) is 12.2 Å². The fraction of sp³-hybridized carbons (Fsp3) is 0.160. The highest BCUT2D eigenvalue weighted by atomic mass is 32.2. The molecule has 4 rings (SSSR count). The second-order valence-electron chi connectivity index (χ2n) is 7.34. The zero-order valence-electron chi connectivity index (χ0n) is 18.1. The van der Waals surface area contributed by atoms with E-state index in [1.54, 1.807) is 18.2 Å². The van der Waals surface area contributed by atoms with Crippen molar-refractivity contribution in [3.63, 3.8) is 0 Å². The number of allylic oxidation sites excluding steroid dienone is 1. The summed E-state index contributed by atoms with van der Waals surface area (Å²) in [4.78, 5) is 12.3. The number of rotatable bonds is 9. The fourth-order valence-corrected chi connectivity index (χ4v) is 4.21. The Kier molecular flexibility index (Phi) is 7.04. The zero-order chi connectivity index (χ0) is 23.2. The summed E-state index contributed by atoms with van der Waals surface area (Å²) in [5.41, 5.74) is 1.47. The van der Waals surface area contributed by atoms with E-state index in [4.69, 9.17) is 4.74 Å². The number of nitrogens with zero attached hydrogens (tertiary/aromatic N) is 3. The molecular weight excluding hydrogens is 439 g/mol. The minimum Gasteiger partial charge on any atom is -0.485 e. The molecule has 3 aromatic carbocycles. The molecule has 4 aromatic rings. The normalized spacial score (nSPS) is 10.8. The van der Waals surface area contributed by atoms with Crippen molar-refractivity contribution in [3.8, 4) is 5.75 Å². The van der Waals surface area contributed by atoms with E-state index in [9.17, 15) is 9.18 Å². The van der Waals surface area contributed by atoms with Gasteiger partial charge in [-0.3, -0.25) is 9.36 Å². The maximum absolute atomic E-state index is 13.3. The van der Waals surface area contributed by atoms with E-state index >= 15 is 0 Å². The highest BCUT2D eigenvalue weighted by molar-refractivity contribution is 7.99. The quantitative estimate of drug-likeness (QED) is 0.267. The molecule has 1 amide bonds. The Morgan fingerprint density at radius 3 is 2.85 bits per heavy atom. The van der Waals surface area contributed by atoms with Crippen molar-refractivity contribution in [1.82, 2.24) is 14.8 Å². The summed E-state index contributed by atoms with van der Waals surface area (Å²) in [5, 5.41) is 14.0. The monoisotopic (exact) mass is 462 g/mol. The van der Waals surface area contributed by atoms with Crippen molar-refractivity contribution in [1.29, 1.82) is 0 Å². The Hall–Kier alpha value is -3.65. The number of halogens is 1. The van der Waals surface area contributed by atoms with Crippen molar-refractivity contribution in [3.05, 3.63) is 90.5 Å². The molecule has 8 heteroatoms. The van der Waals surface area contributed by atoms with Gasteiger partial charge < -0.3 is 10.1 Å². The average molecular weight is 463 g/mol. The van der Waals surface area contributed by atoms with Crippen molar-refractivity contribution in [2.24, 2.45) is 0 Å². The number of ether oxygens (including phenoxy) is 1. The fourth-order valence-electron chi connectivity index (χ4n) is 3.44. The molecule has 0 aliphatic heterocycles. The average Bonchev–Trinajstić information content (AvgIpc) is 3.19. The number of hydrogen-bond acceptors (Lipinski definition) is 5. The van der Waals surface area contributed by atoms with Crippen LogP contribution in [0.5, 0.6) is 5.75 Å². The number of aryl methyl sites for hydroxylation is 1. The van der Waals surface area contributed by atoms with E-state index in [-0.39, 0.29) is 18.3 Å². The third kappa shape index (κ3) is 5.40. The number of carbonyl (C=O) groups excluding carboxylic acids is 1. The highest BCUT2D eigenvalue weighted by Gasteiger charge is 2.15. The SMILES string of the molecule is C=CCn1c(COc2ccc3ccccc3c2C)nnc1SCC(=O)Nc1cccc(F)c1. The number of aromatic nitrogens is 3. The lowest BCUT2D eigenvalue weighted by Gasteiger charge is -2.12. The van der Waals surface area contributed by atoms with Crippen LogP contribution in [-0.2, 0) is 17.9 Å². The number of carbonyl (C=O) groups is 1. The van der Waals surface area contributed by atoms with Crippen LogP contribution in [0.3, 0.4) is 0 Å². The number of fused-ring (bicyclic) bond motifs is 1. The number of nitrogens with one attached hydrogen (secondary N) is 1. The Bertz CT molecular complexity index is 1300. The van der Waals surface area contributed by atoms with E-state index in [0.29, 0.717) is 23.2 Å². The van der Waals surface area contributed by atoms with Crippen molar-refractivity contribution < 1.29 is 13.9 Å². The van der Waals surface area contributed by atoms with Crippen LogP contribution < -0.4 is 10.1 Å². The van der Waals surface area contributed by atoms with Crippen LogP contribution in [0.1, 0.15) is 11.4 Å². The maximum Gasteiger partial charge on any atom is 0.234 e. The molecule has 0 atom stereocenters. The first-order valence-corrected chi connectivity index (χ1v) is 11.4. The van der Waals surface area contributed by atoms with Gasteiger partial charge in [-0.2, -0.15) is 0 Å². The molecule has 0 saturated carbocycles. The number of anilines is 1. The first-order chi connectivity index (χ1) is 16.0. The molecule has 0 radical (unpaired) electrons. The predicted molar refractivity (Wildman–Crippen MR) is 129 cm³/mol. The number of benzene rings is 3. The van der Waals surface area contributed by atoms with E-state index in [1.807, 2.05) is 35.8 Å². The van der Waals surface area contributed by atoms with Gasteiger partial charge in [0.1, 0.15) is 18.2 Å². The standard InChI is InChI=1S/C25H23FN4O2S/c1-3-13-30-23(15-32-22-12-11-18-7-4-5-10-21(18)17(22)2)28-29-25(30)33-16-24(31)27-20-9-6-8-19(26)14-20/h3-12,14H,1,13,15-16H2,2H3,(H,27,31). The molecule has 0 saturated heterocycles. The summed E-state index contributed by atoms with van der Waals surface area (Å²) < 4.78 is 21.2. The topological polar surface area (TPSA) is 69.0 Å². The zero-order valence-corrected chi connectivity index (χ0v) is 18.9. The first-order valence-electron chi connectivity index (χ1n) is 10.4. The van der Waals surface area contributed by atoms with Crippen molar-refractivity contribution >= 4 is 34.1 Å². The highest BCUT2D eigenvalue weighted by Crippen LogP contribution is 2.28. The van der Waals surface area contributed by atoms with E-state index in [2.05, 4.69) is 34.2 Å². The van der Waals surface area contributed by atoms with Crippen molar-refractivity contribution in [2.75, 3.05) is 11.1 Å². The van der Waals surface area contributed by atoms with Crippen LogP contribution in [0.25, 0.3) is 10.8 Å². The molecule has 1 N–H and O–H groups in total. The lowest BCUT2D eigenvalue weighted by atomic mass is 10.0. The van der Waals surface area contributed by atoms with Gasteiger partial charge in [0.25, 0.3) is 0 Å². The van der Waals surface area contributed by atoms with Gasteiger partial charge >= 0.3 is 0 Å². The smallest absolute Gasteiger partial charge is 0.234 e. The molecule has 168 valence electrons. The molecule has 0 unspecified atom stereocenters. The van der Waals surface area contributed by atoms with Crippen LogP contribution in [0.4, 0.5) is 10.1 Å². The second-order valence-corrected chi connectivity index (χ2v) is 8.29. The lowest BCUT2D eigenvalue weighted by Crippen LogP contribution is -2.15. The Morgan fingerprint density at radius 2 is 2.03 bits per heavy atom. The van der Waals surface area contributed by atoms with Gasteiger partial charge in [0.2, 0.25) is 5.91 Å². The molecule has 1 aromatic heterocycles. The number of thioether (sulfide) groups is 1. The van der Waals surface area contributed by atoms with Gasteiger partial charge in [0.05, 0.1) is 5.75 Å². The Balaban J connectivity index is 1.42. The number of amides is 1. The van der Waals surface area contributed by atoms with Gasteiger partial charge in [-0.1, -0.05) is 54.2 Å². The van der Waals surface area contributed by atoms with E-state index in [0.717, 1.165) is 22.1 Å². The lowest BCUT2D eigenvalue weighted by molar-refractivity contribution is -0.113. The molecular formula is C25H23FN4O2S. The van der Waals surface area contributed by atoms with E-state index < -0.39 is 5.82 Å². The largest absolute Gasteiger partial charge is 0.485 e. The molecule has 1 heterocycles.